The molecule has 2 N–H and O–H groups in total. The zero-order chi connectivity index (χ0) is 10.7. The smallest absolute Gasteiger partial charge is 0.123 e. The van der Waals surface area contributed by atoms with Gasteiger partial charge in [-0.3, -0.25) is 0 Å². The van der Waals surface area contributed by atoms with E-state index in [1.165, 1.54) is 12.1 Å². The maximum atomic E-state index is 12.7. The molecule has 0 aliphatic heterocycles. The number of rotatable bonds is 2. The van der Waals surface area contributed by atoms with Crippen LogP contribution in [0.1, 0.15) is 5.56 Å². The first-order valence-electron chi connectivity index (χ1n) is 4.84. The van der Waals surface area contributed by atoms with Crippen LogP contribution in [0.5, 0.6) is 0 Å². The molecule has 84 valence electrons. The van der Waals surface area contributed by atoms with Gasteiger partial charge >= 0.3 is 0 Å². The van der Waals surface area contributed by atoms with Crippen LogP contribution in [0.2, 0.25) is 0 Å². The van der Waals surface area contributed by atoms with Crippen LogP contribution in [0, 0.1) is 5.82 Å². The van der Waals surface area contributed by atoms with Crippen LogP contribution in [0.25, 0.3) is 11.1 Å². The largest absolute Gasteiger partial charge is 0.326 e. The summed E-state index contributed by atoms with van der Waals surface area (Å²) in [6.07, 6.45) is 0. The van der Waals surface area contributed by atoms with E-state index in [1.807, 2.05) is 24.3 Å². The summed E-state index contributed by atoms with van der Waals surface area (Å²) < 4.78 is 12.7. The van der Waals surface area contributed by atoms with Crippen LogP contribution in [0.4, 0.5) is 4.39 Å². The molecule has 0 spiro atoms. The lowest BCUT2D eigenvalue weighted by molar-refractivity contribution is 0.628. The van der Waals surface area contributed by atoms with Gasteiger partial charge in [0.05, 0.1) is 0 Å². The highest BCUT2D eigenvalue weighted by molar-refractivity contribution is 5.85. The Morgan fingerprint density at radius 3 is 1.69 bits per heavy atom. The van der Waals surface area contributed by atoms with Crippen molar-refractivity contribution in [2.24, 2.45) is 5.73 Å². The second-order valence-electron chi connectivity index (χ2n) is 3.41. The second kappa shape index (κ2) is 5.64. The minimum absolute atomic E-state index is 0. The van der Waals surface area contributed by atoms with Gasteiger partial charge in [0.2, 0.25) is 0 Å². The van der Waals surface area contributed by atoms with Crippen molar-refractivity contribution in [3.63, 3.8) is 0 Å². The molecule has 0 saturated carbocycles. The van der Waals surface area contributed by atoms with Crippen LogP contribution in [-0.2, 0) is 6.54 Å². The summed E-state index contributed by atoms with van der Waals surface area (Å²) in [6.45, 7) is 0.545. The molecule has 0 fully saturated rings. The van der Waals surface area contributed by atoms with E-state index in [0.717, 1.165) is 16.7 Å². The molecule has 0 bridgehead atoms. The molecule has 0 saturated heterocycles. The summed E-state index contributed by atoms with van der Waals surface area (Å²) in [6, 6.07) is 14.4. The summed E-state index contributed by atoms with van der Waals surface area (Å²) in [4.78, 5) is 0. The molecule has 0 heterocycles. The molecule has 16 heavy (non-hydrogen) atoms. The summed E-state index contributed by atoms with van der Waals surface area (Å²) in [5, 5.41) is 0. The highest BCUT2D eigenvalue weighted by atomic mass is 35.5. The predicted octanol–water partition coefficient (Wildman–Crippen LogP) is 3.37. The van der Waals surface area contributed by atoms with E-state index < -0.39 is 0 Å². The summed E-state index contributed by atoms with van der Waals surface area (Å²) in [5.41, 5.74) is 8.70. The molecule has 0 atom stereocenters. The van der Waals surface area contributed by atoms with Crippen molar-refractivity contribution in [2.45, 2.75) is 6.54 Å². The molecule has 0 aromatic heterocycles. The Morgan fingerprint density at radius 2 is 1.25 bits per heavy atom. The highest BCUT2D eigenvalue weighted by Gasteiger charge is 1.97. The van der Waals surface area contributed by atoms with E-state index in [0.29, 0.717) is 6.54 Å². The van der Waals surface area contributed by atoms with Crippen LogP contribution in [0.15, 0.2) is 48.5 Å². The Bertz CT molecular complexity index is 436. The number of hydrogen-bond donors (Lipinski definition) is 1. The Balaban J connectivity index is 0.00000128. The van der Waals surface area contributed by atoms with E-state index >= 15 is 0 Å². The molecule has 2 aromatic carbocycles. The van der Waals surface area contributed by atoms with Gasteiger partial charge in [0, 0.05) is 6.54 Å². The summed E-state index contributed by atoms with van der Waals surface area (Å²) in [7, 11) is 0. The monoisotopic (exact) mass is 237 g/mol. The molecular weight excluding hydrogens is 225 g/mol. The van der Waals surface area contributed by atoms with Gasteiger partial charge in [-0.2, -0.15) is 0 Å². The standard InChI is InChI=1S/C13H12FN.ClH/c14-13-7-5-12(6-8-13)11-3-1-10(9-15)2-4-11;/h1-8H,9,15H2;1H. The van der Waals surface area contributed by atoms with Crippen molar-refractivity contribution in [3.8, 4) is 11.1 Å². The van der Waals surface area contributed by atoms with Gasteiger partial charge in [-0.05, 0) is 28.8 Å². The quantitative estimate of drug-likeness (QED) is 0.852. The van der Waals surface area contributed by atoms with Crippen molar-refractivity contribution in [1.82, 2.24) is 0 Å². The van der Waals surface area contributed by atoms with Crippen LogP contribution in [-0.4, -0.2) is 0 Å². The van der Waals surface area contributed by atoms with Crippen molar-refractivity contribution in [3.05, 3.63) is 59.9 Å². The number of benzene rings is 2. The van der Waals surface area contributed by atoms with E-state index in [4.69, 9.17) is 5.73 Å². The van der Waals surface area contributed by atoms with Crippen molar-refractivity contribution in [1.29, 1.82) is 0 Å². The van der Waals surface area contributed by atoms with Crippen molar-refractivity contribution in [2.75, 3.05) is 0 Å². The Labute approximate surface area is 101 Å². The topological polar surface area (TPSA) is 26.0 Å². The van der Waals surface area contributed by atoms with E-state index in [1.54, 1.807) is 12.1 Å². The lowest BCUT2D eigenvalue weighted by Crippen LogP contribution is -1.95. The Morgan fingerprint density at radius 1 is 0.812 bits per heavy atom. The zero-order valence-corrected chi connectivity index (χ0v) is 9.51. The normalized spacial score (nSPS) is 9.62. The van der Waals surface area contributed by atoms with E-state index in [9.17, 15) is 4.39 Å². The molecule has 0 radical (unpaired) electrons. The molecule has 0 aliphatic rings. The first kappa shape index (κ1) is 12.7. The molecular formula is C13H13ClFN. The van der Waals surface area contributed by atoms with Gasteiger partial charge in [0.25, 0.3) is 0 Å². The maximum Gasteiger partial charge on any atom is 0.123 e. The molecule has 2 rings (SSSR count). The Hall–Kier alpha value is -1.38. The van der Waals surface area contributed by atoms with E-state index in [-0.39, 0.29) is 18.2 Å². The van der Waals surface area contributed by atoms with Crippen LogP contribution >= 0.6 is 12.4 Å². The number of nitrogens with two attached hydrogens (primary N) is 1. The third kappa shape index (κ3) is 2.81. The second-order valence-corrected chi connectivity index (χ2v) is 3.41. The molecule has 0 unspecified atom stereocenters. The maximum absolute atomic E-state index is 12.7. The summed E-state index contributed by atoms with van der Waals surface area (Å²) >= 11 is 0. The minimum atomic E-state index is -0.211. The van der Waals surface area contributed by atoms with Gasteiger partial charge < -0.3 is 5.73 Å². The van der Waals surface area contributed by atoms with Gasteiger partial charge in [0.15, 0.2) is 0 Å². The Kier molecular flexibility index (Phi) is 4.47. The molecule has 1 nitrogen and oxygen atoms in total. The van der Waals surface area contributed by atoms with E-state index in [2.05, 4.69) is 0 Å². The van der Waals surface area contributed by atoms with Gasteiger partial charge in [-0.25, -0.2) is 4.39 Å². The zero-order valence-electron chi connectivity index (χ0n) is 8.69. The average Bonchev–Trinajstić information content (AvgIpc) is 2.30. The fraction of sp³-hybridized carbons (Fsp3) is 0.0769. The minimum Gasteiger partial charge on any atom is -0.326 e. The van der Waals surface area contributed by atoms with Gasteiger partial charge in [-0.1, -0.05) is 36.4 Å². The third-order valence-corrected chi connectivity index (χ3v) is 2.37. The summed E-state index contributed by atoms with van der Waals surface area (Å²) in [5.74, 6) is -0.211. The third-order valence-electron chi connectivity index (χ3n) is 2.37. The molecule has 2 aromatic rings. The molecule has 0 aliphatic carbocycles. The number of halogens is 2. The molecule has 3 heteroatoms. The average molecular weight is 238 g/mol. The first-order valence-corrected chi connectivity index (χ1v) is 4.84. The lowest BCUT2D eigenvalue weighted by atomic mass is 10.0. The predicted molar refractivity (Wildman–Crippen MR) is 67.0 cm³/mol. The van der Waals surface area contributed by atoms with Crippen molar-refractivity contribution >= 4 is 12.4 Å². The van der Waals surface area contributed by atoms with Crippen molar-refractivity contribution < 1.29 is 4.39 Å². The fourth-order valence-corrected chi connectivity index (χ4v) is 1.48. The van der Waals surface area contributed by atoms with Crippen LogP contribution in [0.3, 0.4) is 0 Å². The first-order chi connectivity index (χ1) is 7.29. The molecule has 0 amide bonds. The van der Waals surface area contributed by atoms with Gasteiger partial charge in [-0.15, -0.1) is 12.4 Å². The lowest BCUT2D eigenvalue weighted by Gasteiger charge is -2.02. The SMILES string of the molecule is Cl.NCc1ccc(-c2ccc(F)cc2)cc1. The fourth-order valence-electron chi connectivity index (χ4n) is 1.48. The van der Waals surface area contributed by atoms with Gasteiger partial charge in [0.1, 0.15) is 5.82 Å². The number of hydrogen-bond acceptors (Lipinski definition) is 1. The highest BCUT2D eigenvalue weighted by Crippen LogP contribution is 2.19. The van der Waals surface area contributed by atoms with Crippen LogP contribution < -0.4 is 5.73 Å².